The maximum atomic E-state index is 12.4. The molecular weight excluding hydrogens is 284 g/mol. The second-order valence-corrected chi connectivity index (χ2v) is 6.37. The quantitative estimate of drug-likeness (QED) is 0.813. The van der Waals surface area contributed by atoms with Crippen molar-refractivity contribution in [2.24, 2.45) is 0 Å². The number of carbonyl (C=O) groups excluding carboxylic acids is 1. The van der Waals surface area contributed by atoms with Crippen LogP contribution in [0.15, 0.2) is 47.4 Å². The van der Waals surface area contributed by atoms with Crippen LogP contribution in [0.2, 0.25) is 0 Å². The van der Waals surface area contributed by atoms with E-state index in [1.807, 2.05) is 44.2 Å². The zero-order valence-corrected chi connectivity index (χ0v) is 13.2. The molecular formula is C17H18O3S. The first-order valence-electron chi connectivity index (χ1n) is 6.64. The van der Waals surface area contributed by atoms with Crippen LogP contribution in [0.4, 0.5) is 0 Å². The largest absolute Gasteiger partial charge is 0.465 e. The van der Waals surface area contributed by atoms with E-state index < -0.39 is 10.8 Å². The smallest absolute Gasteiger partial charge is 0.337 e. The van der Waals surface area contributed by atoms with Crippen molar-refractivity contribution in [3.63, 3.8) is 0 Å². The number of rotatable bonds is 4. The molecule has 3 nitrogen and oxygen atoms in total. The lowest BCUT2D eigenvalue weighted by Gasteiger charge is -2.07. The Kier molecular flexibility index (Phi) is 4.91. The fourth-order valence-electron chi connectivity index (χ4n) is 2.14. The van der Waals surface area contributed by atoms with Gasteiger partial charge in [-0.15, -0.1) is 0 Å². The first kappa shape index (κ1) is 15.4. The highest BCUT2D eigenvalue weighted by atomic mass is 32.2. The predicted molar refractivity (Wildman–Crippen MR) is 83.8 cm³/mol. The van der Waals surface area contributed by atoms with E-state index in [2.05, 4.69) is 4.74 Å². The fraction of sp³-hybridized carbons (Fsp3) is 0.235. The summed E-state index contributed by atoms with van der Waals surface area (Å²) in [5.41, 5.74) is 3.63. The summed E-state index contributed by atoms with van der Waals surface area (Å²) in [6.07, 6.45) is 0. The first-order valence-corrected chi connectivity index (χ1v) is 7.96. The number of esters is 1. The summed E-state index contributed by atoms with van der Waals surface area (Å²) in [7, 11) is 0.263. The van der Waals surface area contributed by atoms with Crippen LogP contribution in [0.1, 0.15) is 27.0 Å². The summed E-state index contributed by atoms with van der Waals surface area (Å²) in [6.45, 7) is 3.99. The topological polar surface area (TPSA) is 43.4 Å². The standard InChI is InChI=1S/C17H18O3S/c1-12-4-9-16(13(2)10-12)21(19)11-14-5-7-15(8-6-14)17(18)20-3/h4-10H,11H2,1-3H3. The zero-order chi connectivity index (χ0) is 15.4. The molecule has 0 fully saturated rings. The number of methoxy groups -OCH3 is 1. The van der Waals surface area contributed by atoms with Crippen molar-refractivity contribution in [1.82, 2.24) is 0 Å². The van der Waals surface area contributed by atoms with Gasteiger partial charge in [-0.3, -0.25) is 4.21 Å². The number of ether oxygens (including phenoxy) is 1. The van der Waals surface area contributed by atoms with Crippen molar-refractivity contribution in [3.05, 3.63) is 64.7 Å². The van der Waals surface area contributed by atoms with Gasteiger partial charge >= 0.3 is 5.97 Å². The van der Waals surface area contributed by atoms with Crippen molar-refractivity contribution >= 4 is 16.8 Å². The molecule has 0 amide bonds. The van der Waals surface area contributed by atoms with Gasteiger partial charge in [0.15, 0.2) is 0 Å². The van der Waals surface area contributed by atoms with E-state index >= 15 is 0 Å². The van der Waals surface area contributed by atoms with Crippen LogP contribution in [0, 0.1) is 13.8 Å². The van der Waals surface area contributed by atoms with Crippen molar-refractivity contribution in [3.8, 4) is 0 Å². The number of benzene rings is 2. The van der Waals surface area contributed by atoms with Crippen molar-refractivity contribution < 1.29 is 13.7 Å². The van der Waals surface area contributed by atoms with Crippen LogP contribution in [-0.2, 0) is 21.3 Å². The second-order valence-electron chi connectivity index (χ2n) is 4.95. The Balaban J connectivity index is 2.14. The van der Waals surface area contributed by atoms with Crippen LogP contribution in [0.3, 0.4) is 0 Å². The minimum Gasteiger partial charge on any atom is -0.465 e. The Morgan fingerprint density at radius 1 is 1.10 bits per heavy atom. The summed E-state index contributed by atoms with van der Waals surface area (Å²) in [6, 6.07) is 12.9. The Hall–Kier alpha value is -1.94. The molecule has 110 valence electrons. The lowest BCUT2D eigenvalue weighted by Crippen LogP contribution is -2.02. The third-order valence-corrected chi connectivity index (χ3v) is 4.79. The van der Waals surface area contributed by atoms with Gasteiger partial charge in [-0.25, -0.2) is 4.79 Å². The number of hydrogen-bond acceptors (Lipinski definition) is 3. The molecule has 0 radical (unpaired) electrons. The van der Waals surface area contributed by atoms with Gasteiger partial charge in [-0.2, -0.15) is 0 Å². The van der Waals surface area contributed by atoms with Gasteiger partial charge in [0.05, 0.1) is 29.2 Å². The van der Waals surface area contributed by atoms with Crippen LogP contribution in [0.25, 0.3) is 0 Å². The predicted octanol–water partition coefficient (Wildman–Crippen LogP) is 3.40. The molecule has 0 aliphatic heterocycles. The van der Waals surface area contributed by atoms with Crippen LogP contribution in [-0.4, -0.2) is 17.3 Å². The van der Waals surface area contributed by atoms with Crippen LogP contribution >= 0.6 is 0 Å². The first-order chi connectivity index (χ1) is 10.0. The average molecular weight is 302 g/mol. The van der Waals surface area contributed by atoms with Crippen molar-refractivity contribution in [2.45, 2.75) is 24.5 Å². The highest BCUT2D eigenvalue weighted by Crippen LogP contribution is 2.18. The maximum absolute atomic E-state index is 12.4. The molecule has 2 rings (SSSR count). The lowest BCUT2D eigenvalue weighted by atomic mass is 10.1. The van der Waals surface area contributed by atoms with E-state index in [1.54, 1.807) is 12.1 Å². The van der Waals surface area contributed by atoms with E-state index in [0.717, 1.165) is 21.6 Å². The van der Waals surface area contributed by atoms with Crippen LogP contribution < -0.4 is 0 Å². The molecule has 0 aliphatic carbocycles. The molecule has 0 aromatic heterocycles. The second kappa shape index (κ2) is 6.68. The third-order valence-electron chi connectivity index (χ3n) is 3.25. The molecule has 0 bridgehead atoms. The van der Waals surface area contributed by atoms with Crippen LogP contribution in [0.5, 0.6) is 0 Å². The molecule has 0 spiro atoms. The number of aryl methyl sites for hydroxylation is 2. The van der Waals surface area contributed by atoms with Gasteiger partial charge in [-0.05, 0) is 43.2 Å². The van der Waals surface area contributed by atoms with E-state index in [-0.39, 0.29) is 5.97 Å². The van der Waals surface area contributed by atoms with E-state index in [1.165, 1.54) is 7.11 Å². The molecule has 1 unspecified atom stereocenters. The highest BCUT2D eigenvalue weighted by molar-refractivity contribution is 7.84. The molecule has 0 saturated carbocycles. The molecule has 2 aromatic carbocycles. The molecule has 0 heterocycles. The summed E-state index contributed by atoms with van der Waals surface area (Å²) < 4.78 is 17.1. The van der Waals surface area contributed by atoms with E-state index in [9.17, 15) is 9.00 Å². The Morgan fingerprint density at radius 3 is 2.33 bits per heavy atom. The Labute approximate surface area is 127 Å². The monoisotopic (exact) mass is 302 g/mol. The molecule has 4 heteroatoms. The summed E-state index contributed by atoms with van der Waals surface area (Å²) in [5.74, 6) is 0.0720. The Bertz CT molecular complexity index is 675. The van der Waals surface area contributed by atoms with Gasteiger partial charge in [0, 0.05) is 4.90 Å². The third kappa shape index (κ3) is 3.79. The molecule has 2 aromatic rings. The Morgan fingerprint density at radius 2 is 1.76 bits per heavy atom. The number of carbonyl (C=O) groups is 1. The van der Waals surface area contributed by atoms with Gasteiger partial charge in [-0.1, -0.05) is 29.8 Å². The molecule has 0 N–H and O–H groups in total. The minimum absolute atomic E-state index is 0.364. The molecule has 0 aliphatic rings. The minimum atomic E-state index is -1.09. The van der Waals surface area contributed by atoms with Crippen molar-refractivity contribution in [2.75, 3.05) is 7.11 Å². The maximum Gasteiger partial charge on any atom is 0.337 e. The SMILES string of the molecule is COC(=O)c1ccc(CS(=O)c2ccc(C)cc2C)cc1. The fourth-order valence-corrected chi connectivity index (χ4v) is 3.43. The normalized spacial score (nSPS) is 12.0. The molecule has 1 atom stereocenters. The van der Waals surface area contributed by atoms with Gasteiger partial charge in [0.25, 0.3) is 0 Å². The van der Waals surface area contributed by atoms with E-state index in [4.69, 9.17) is 0 Å². The summed E-state index contributed by atoms with van der Waals surface area (Å²) in [4.78, 5) is 12.2. The molecule has 21 heavy (non-hydrogen) atoms. The molecule has 0 saturated heterocycles. The van der Waals surface area contributed by atoms with Crippen molar-refractivity contribution in [1.29, 1.82) is 0 Å². The lowest BCUT2D eigenvalue weighted by molar-refractivity contribution is 0.0600. The number of hydrogen-bond donors (Lipinski definition) is 0. The zero-order valence-electron chi connectivity index (χ0n) is 12.4. The summed E-state index contributed by atoms with van der Waals surface area (Å²) in [5, 5.41) is 0. The van der Waals surface area contributed by atoms with E-state index in [0.29, 0.717) is 11.3 Å². The average Bonchev–Trinajstić information content (AvgIpc) is 2.47. The van der Waals surface area contributed by atoms with Gasteiger partial charge in [0.2, 0.25) is 0 Å². The van der Waals surface area contributed by atoms with Gasteiger partial charge < -0.3 is 4.74 Å². The highest BCUT2D eigenvalue weighted by Gasteiger charge is 2.10. The summed E-state index contributed by atoms with van der Waals surface area (Å²) >= 11 is 0. The van der Waals surface area contributed by atoms with Gasteiger partial charge in [0.1, 0.15) is 0 Å².